The molecule has 1 nitrogen and oxygen atoms in total. The van der Waals surface area contributed by atoms with E-state index in [0.717, 1.165) is 11.8 Å². The summed E-state index contributed by atoms with van der Waals surface area (Å²) in [6.07, 6.45) is 0.854. The maximum atomic E-state index is 12.8. The molecule has 0 saturated heterocycles. The predicted molar refractivity (Wildman–Crippen MR) is 45.6 cm³/mol. The van der Waals surface area contributed by atoms with Gasteiger partial charge in [-0.15, -0.1) is 0 Å². The molecule has 0 amide bonds. The fourth-order valence-electron chi connectivity index (χ4n) is 1.03. The van der Waals surface area contributed by atoms with Gasteiger partial charge in [-0.05, 0) is 24.1 Å². The van der Waals surface area contributed by atoms with Crippen molar-refractivity contribution in [2.75, 3.05) is 0 Å². The summed E-state index contributed by atoms with van der Waals surface area (Å²) in [6, 6.07) is 4.74. The summed E-state index contributed by atoms with van der Waals surface area (Å²) in [5.74, 6) is -0.374. The lowest BCUT2D eigenvalue weighted by molar-refractivity contribution is -0.108. The van der Waals surface area contributed by atoms with E-state index < -0.39 is 0 Å². The number of aldehydes is 1. The predicted octanol–water partition coefficient (Wildman–Crippen LogP) is 2.44. The van der Waals surface area contributed by atoms with Gasteiger partial charge in [0.15, 0.2) is 0 Å². The highest BCUT2D eigenvalue weighted by atomic mass is 19.1. The monoisotopic (exact) mass is 166 g/mol. The van der Waals surface area contributed by atoms with E-state index in [4.69, 9.17) is 0 Å². The summed E-state index contributed by atoms with van der Waals surface area (Å²) in [5, 5.41) is 0. The van der Waals surface area contributed by atoms with Gasteiger partial charge in [0.2, 0.25) is 0 Å². The molecule has 0 N–H and O–H groups in total. The first kappa shape index (κ1) is 8.91. The number of benzene rings is 1. The maximum absolute atomic E-state index is 12.8. The van der Waals surface area contributed by atoms with Crippen LogP contribution in [-0.4, -0.2) is 6.29 Å². The van der Waals surface area contributed by atoms with E-state index in [1.54, 1.807) is 26.0 Å². The third-order valence-corrected chi connectivity index (χ3v) is 1.91. The van der Waals surface area contributed by atoms with Gasteiger partial charge in [-0.25, -0.2) is 4.39 Å². The van der Waals surface area contributed by atoms with Crippen LogP contribution in [0.1, 0.15) is 24.0 Å². The first-order valence-electron chi connectivity index (χ1n) is 3.86. The largest absolute Gasteiger partial charge is 0.303 e. The molecule has 1 unspecified atom stereocenters. The molecule has 0 aromatic heterocycles. The van der Waals surface area contributed by atoms with Crippen LogP contribution < -0.4 is 0 Å². The fourth-order valence-corrected chi connectivity index (χ4v) is 1.03. The Hall–Kier alpha value is -1.18. The Labute approximate surface area is 71.2 Å². The third kappa shape index (κ3) is 1.70. The highest BCUT2D eigenvalue weighted by Gasteiger charge is 2.05. The summed E-state index contributed by atoms with van der Waals surface area (Å²) < 4.78 is 12.8. The summed E-state index contributed by atoms with van der Waals surface area (Å²) in [6.45, 7) is 3.48. The van der Waals surface area contributed by atoms with Crippen LogP contribution in [0.2, 0.25) is 0 Å². The van der Waals surface area contributed by atoms with Crippen LogP contribution in [-0.2, 0) is 4.79 Å². The minimum Gasteiger partial charge on any atom is -0.303 e. The lowest BCUT2D eigenvalue weighted by Gasteiger charge is -2.04. The number of hydrogen-bond acceptors (Lipinski definition) is 1. The number of carbonyl (C=O) groups excluding carboxylic acids is 1. The molecule has 0 bridgehead atoms. The van der Waals surface area contributed by atoms with Gasteiger partial charge in [0.25, 0.3) is 0 Å². The normalized spacial score (nSPS) is 12.6. The van der Waals surface area contributed by atoms with Gasteiger partial charge >= 0.3 is 0 Å². The van der Waals surface area contributed by atoms with E-state index >= 15 is 0 Å². The first-order chi connectivity index (χ1) is 5.65. The van der Waals surface area contributed by atoms with E-state index in [-0.39, 0.29) is 11.7 Å². The Morgan fingerprint density at radius 2 is 2.17 bits per heavy atom. The van der Waals surface area contributed by atoms with Gasteiger partial charge in [0.1, 0.15) is 12.1 Å². The molecular weight excluding hydrogens is 155 g/mol. The third-order valence-electron chi connectivity index (χ3n) is 1.91. The molecule has 0 spiro atoms. The van der Waals surface area contributed by atoms with Gasteiger partial charge in [-0.3, -0.25) is 0 Å². The summed E-state index contributed by atoms with van der Waals surface area (Å²) >= 11 is 0. The number of aryl methyl sites for hydroxylation is 1. The number of rotatable bonds is 2. The van der Waals surface area contributed by atoms with Crippen LogP contribution >= 0.6 is 0 Å². The van der Waals surface area contributed by atoms with Crippen molar-refractivity contribution in [1.29, 1.82) is 0 Å². The molecule has 0 fully saturated rings. The molecule has 0 aliphatic carbocycles. The molecule has 0 heterocycles. The average Bonchev–Trinajstić information content (AvgIpc) is 2.08. The van der Waals surface area contributed by atoms with Gasteiger partial charge in [-0.1, -0.05) is 19.1 Å². The molecule has 0 radical (unpaired) electrons. The molecule has 0 aliphatic heterocycles. The average molecular weight is 166 g/mol. The zero-order valence-corrected chi connectivity index (χ0v) is 7.17. The van der Waals surface area contributed by atoms with Crippen molar-refractivity contribution < 1.29 is 9.18 Å². The molecule has 1 atom stereocenters. The van der Waals surface area contributed by atoms with Gasteiger partial charge in [0, 0.05) is 5.92 Å². The zero-order valence-electron chi connectivity index (χ0n) is 7.17. The Bertz CT molecular complexity index is 294. The van der Waals surface area contributed by atoms with Crippen molar-refractivity contribution in [1.82, 2.24) is 0 Å². The second kappa shape index (κ2) is 3.48. The molecule has 1 rings (SSSR count). The van der Waals surface area contributed by atoms with Crippen molar-refractivity contribution in [2.24, 2.45) is 0 Å². The van der Waals surface area contributed by atoms with E-state index in [0.29, 0.717) is 5.56 Å². The second-order valence-corrected chi connectivity index (χ2v) is 2.93. The van der Waals surface area contributed by atoms with E-state index in [1.807, 2.05) is 0 Å². The Kier molecular flexibility index (Phi) is 2.58. The van der Waals surface area contributed by atoms with E-state index in [1.165, 1.54) is 6.07 Å². The van der Waals surface area contributed by atoms with Crippen molar-refractivity contribution in [3.05, 3.63) is 35.1 Å². The Morgan fingerprint density at radius 1 is 1.50 bits per heavy atom. The van der Waals surface area contributed by atoms with E-state index in [2.05, 4.69) is 0 Å². The van der Waals surface area contributed by atoms with Crippen molar-refractivity contribution >= 4 is 6.29 Å². The topological polar surface area (TPSA) is 17.1 Å². The van der Waals surface area contributed by atoms with Crippen LogP contribution in [0.25, 0.3) is 0 Å². The lowest BCUT2D eigenvalue weighted by atomic mass is 10.0. The van der Waals surface area contributed by atoms with Gasteiger partial charge in [-0.2, -0.15) is 0 Å². The molecule has 2 heteroatoms. The van der Waals surface area contributed by atoms with E-state index in [9.17, 15) is 9.18 Å². The minimum atomic E-state index is -0.225. The van der Waals surface area contributed by atoms with Crippen LogP contribution in [0.3, 0.4) is 0 Å². The lowest BCUT2D eigenvalue weighted by Crippen LogP contribution is -1.95. The van der Waals surface area contributed by atoms with Crippen molar-refractivity contribution in [2.45, 2.75) is 19.8 Å². The highest BCUT2D eigenvalue weighted by molar-refractivity contribution is 5.61. The molecule has 1 aromatic rings. The van der Waals surface area contributed by atoms with Gasteiger partial charge in [0.05, 0.1) is 0 Å². The molecule has 0 saturated carbocycles. The maximum Gasteiger partial charge on any atom is 0.127 e. The van der Waals surface area contributed by atoms with Crippen molar-refractivity contribution in [3.8, 4) is 0 Å². The van der Waals surface area contributed by atoms with Crippen molar-refractivity contribution in [3.63, 3.8) is 0 Å². The second-order valence-electron chi connectivity index (χ2n) is 2.93. The molecule has 12 heavy (non-hydrogen) atoms. The summed E-state index contributed by atoms with van der Waals surface area (Å²) in [5.41, 5.74) is 1.45. The zero-order chi connectivity index (χ0) is 9.14. The first-order valence-corrected chi connectivity index (χ1v) is 3.86. The van der Waals surface area contributed by atoms with Crippen LogP contribution in [0.15, 0.2) is 18.2 Å². The molecular formula is C10H11FO. The van der Waals surface area contributed by atoms with Crippen LogP contribution in [0.5, 0.6) is 0 Å². The molecule has 1 aromatic carbocycles. The Morgan fingerprint density at radius 3 is 2.67 bits per heavy atom. The smallest absolute Gasteiger partial charge is 0.127 e. The minimum absolute atomic E-state index is 0.149. The Balaban J connectivity index is 3.04. The molecule has 64 valence electrons. The number of carbonyl (C=O) groups is 1. The molecule has 0 aliphatic rings. The summed E-state index contributed by atoms with van der Waals surface area (Å²) in [7, 11) is 0. The highest BCUT2D eigenvalue weighted by Crippen LogP contribution is 2.16. The SMILES string of the molecule is Cc1cc(C(C)C=O)ccc1F. The van der Waals surface area contributed by atoms with Crippen LogP contribution in [0.4, 0.5) is 4.39 Å². The van der Waals surface area contributed by atoms with Gasteiger partial charge < -0.3 is 4.79 Å². The number of hydrogen-bond donors (Lipinski definition) is 0. The quantitative estimate of drug-likeness (QED) is 0.617. The summed E-state index contributed by atoms with van der Waals surface area (Å²) in [4.78, 5) is 10.4. The fraction of sp³-hybridized carbons (Fsp3) is 0.300. The standard InChI is InChI=1S/C10H11FO/c1-7-5-9(8(2)6-12)3-4-10(7)11/h3-6,8H,1-2H3. The number of halogens is 1. The van der Waals surface area contributed by atoms with Crippen LogP contribution in [0, 0.1) is 12.7 Å².